The lowest BCUT2D eigenvalue weighted by atomic mass is 10.0. The second-order valence-corrected chi connectivity index (χ2v) is 5.55. The number of benzene rings is 2. The average molecular weight is 392 g/mol. The van der Waals surface area contributed by atoms with Crippen molar-refractivity contribution in [1.29, 1.82) is 0 Å². The molecule has 0 aliphatic rings. The maximum atomic E-state index is 12.7. The summed E-state index contributed by atoms with van der Waals surface area (Å²) in [4.78, 5) is 44.6. The van der Waals surface area contributed by atoms with Crippen molar-refractivity contribution < 1.29 is 43.3 Å². The smallest absolute Gasteiger partial charge is 0.348 e. The molecule has 2 heterocycles. The molecule has 0 radical (unpaired) electrons. The van der Waals surface area contributed by atoms with Crippen molar-refractivity contribution in [3.05, 3.63) is 26.9 Å². The molecule has 0 aliphatic heterocycles. The van der Waals surface area contributed by atoms with Gasteiger partial charge in [-0.05, 0) is 6.07 Å². The summed E-state index contributed by atoms with van der Waals surface area (Å²) in [5.41, 5.74) is -2.52. The van der Waals surface area contributed by atoms with Crippen molar-refractivity contribution in [3.63, 3.8) is 0 Å². The van der Waals surface area contributed by atoms with Gasteiger partial charge >= 0.3 is 11.3 Å². The molecule has 0 saturated heterocycles. The average Bonchev–Trinajstić information content (AvgIpc) is 2.67. The maximum absolute atomic E-state index is 12.7. The number of phenols is 2. The molecule has 11 nitrogen and oxygen atoms in total. The normalized spacial score (nSPS) is 11.5. The standard InChI is InChI=1S/C17H12O11/c1-22-12-9-8-7-5(4-6(18)10(19)11(7)25-17(9)21)16(20)26-13(8)15(28-24-3)14(12)27-23-2/h4,18-19H,1-3H3. The Morgan fingerprint density at radius 1 is 0.786 bits per heavy atom. The number of ether oxygens (including phenoxy) is 1. The molecule has 0 fully saturated rings. The van der Waals surface area contributed by atoms with Crippen molar-refractivity contribution in [1.82, 2.24) is 0 Å². The zero-order chi connectivity index (χ0) is 20.2. The second kappa shape index (κ2) is 6.18. The van der Waals surface area contributed by atoms with Gasteiger partial charge in [-0.3, -0.25) is 0 Å². The number of rotatable bonds is 5. The minimum Gasteiger partial charge on any atom is -0.504 e. The summed E-state index contributed by atoms with van der Waals surface area (Å²) >= 11 is 0. The number of hydrogen-bond acceptors (Lipinski definition) is 11. The Hall–Kier alpha value is -3.70. The van der Waals surface area contributed by atoms with Gasteiger partial charge in [-0.15, -0.1) is 0 Å². The van der Waals surface area contributed by atoms with E-state index in [4.69, 9.17) is 23.3 Å². The lowest BCUT2D eigenvalue weighted by Gasteiger charge is -2.17. The Kier molecular flexibility index (Phi) is 3.91. The largest absolute Gasteiger partial charge is 0.504 e. The van der Waals surface area contributed by atoms with Gasteiger partial charge in [0.15, 0.2) is 22.7 Å². The summed E-state index contributed by atoms with van der Waals surface area (Å²) in [6, 6.07) is 0.991. The van der Waals surface area contributed by atoms with E-state index < -0.39 is 28.3 Å². The summed E-state index contributed by atoms with van der Waals surface area (Å²) in [6.45, 7) is 0. The fraction of sp³-hybridized carbons (Fsp3) is 0.176. The van der Waals surface area contributed by atoms with Crippen LogP contribution in [0, 0.1) is 0 Å². The molecule has 0 unspecified atom stereocenters. The minimum absolute atomic E-state index is 0.0133. The third-order valence-corrected chi connectivity index (χ3v) is 4.16. The van der Waals surface area contributed by atoms with Gasteiger partial charge in [-0.2, -0.15) is 9.78 Å². The Morgan fingerprint density at radius 3 is 2.07 bits per heavy atom. The van der Waals surface area contributed by atoms with Gasteiger partial charge in [0, 0.05) is 5.39 Å². The number of hydrogen-bond donors (Lipinski definition) is 2. The molecule has 2 aromatic carbocycles. The molecular formula is C17H12O11. The zero-order valence-corrected chi connectivity index (χ0v) is 14.6. The molecule has 146 valence electrons. The second-order valence-electron chi connectivity index (χ2n) is 5.55. The van der Waals surface area contributed by atoms with Gasteiger partial charge in [-0.1, -0.05) is 0 Å². The molecule has 0 bridgehead atoms. The molecule has 4 rings (SSSR count). The first-order chi connectivity index (χ1) is 13.4. The summed E-state index contributed by atoms with van der Waals surface area (Å²) in [6.07, 6.45) is 0. The summed E-state index contributed by atoms with van der Waals surface area (Å²) in [5.74, 6) is -2.04. The highest BCUT2D eigenvalue weighted by molar-refractivity contribution is 6.23. The van der Waals surface area contributed by atoms with Crippen LogP contribution < -0.4 is 25.8 Å². The third kappa shape index (κ3) is 2.17. The van der Waals surface area contributed by atoms with E-state index in [1.165, 1.54) is 21.3 Å². The lowest BCUT2D eigenvalue weighted by molar-refractivity contribution is -0.201. The van der Waals surface area contributed by atoms with Crippen molar-refractivity contribution in [2.24, 2.45) is 0 Å². The van der Waals surface area contributed by atoms with E-state index in [2.05, 4.69) is 9.78 Å². The van der Waals surface area contributed by atoms with E-state index in [-0.39, 0.29) is 44.4 Å². The van der Waals surface area contributed by atoms with Gasteiger partial charge < -0.3 is 33.6 Å². The molecule has 2 N–H and O–H groups in total. The van der Waals surface area contributed by atoms with E-state index in [0.717, 1.165) is 6.07 Å². The van der Waals surface area contributed by atoms with Gasteiger partial charge in [0.2, 0.25) is 5.75 Å². The van der Waals surface area contributed by atoms with E-state index in [9.17, 15) is 19.8 Å². The quantitative estimate of drug-likeness (QED) is 0.168. The van der Waals surface area contributed by atoms with Crippen LogP contribution in [0.2, 0.25) is 0 Å². The first-order valence-electron chi connectivity index (χ1n) is 7.67. The SMILES string of the molecule is COOc1c(OOC)c2oc(=O)c3cc(O)c(O)c4oc(=O)c(c1OC)c2c43. The van der Waals surface area contributed by atoms with E-state index in [1.54, 1.807) is 0 Å². The molecule has 0 amide bonds. The van der Waals surface area contributed by atoms with Gasteiger partial charge in [-0.25, -0.2) is 9.59 Å². The summed E-state index contributed by atoms with van der Waals surface area (Å²) in [7, 11) is 3.64. The number of methoxy groups -OCH3 is 1. The molecule has 2 aromatic heterocycles. The predicted octanol–water partition coefficient (Wildman–Crippen LogP) is 1.79. The highest BCUT2D eigenvalue weighted by Gasteiger charge is 2.32. The molecule has 0 saturated carbocycles. The molecule has 0 spiro atoms. The third-order valence-electron chi connectivity index (χ3n) is 4.16. The van der Waals surface area contributed by atoms with Crippen LogP contribution in [-0.4, -0.2) is 31.5 Å². The Bertz CT molecular complexity index is 1330. The maximum Gasteiger partial charge on any atom is 0.348 e. The molecule has 28 heavy (non-hydrogen) atoms. The fourth-order valence-electron chi connectivity index (χ4n) is 3.14. The monoisotopic (exact) mass is 392 g/mol. The van der Waals surface area contributed by atoms with Crippen molar-refractivity contribution in [2.45, 2.75) is 0 Å². The van der Waals surface area contributed by atoms with Crippen molar-refractivity contribution >= 4 is 32.7 Å². The van der Waals surface area contributed by atoms with E-state index >= 15 is 0 Å². The molecule has 0 aliphatic carbocycles. The van der Waals surface area contributed by atoms with E-state index in [1.807, 2.05) is 0 Å². The van der Waals surface area contributed by atoms with Crippen LogP contribution in [0.3, 0.4) is 0 Å². The topological polar surface area (TPSA) is 147 Å². The van der Waals surface area contributed by atoms with E-state index in [0.29, 0.717) is 0 Å². The lowest BCUT2D eigenvalue weighted by Crippen LogP contribution is -2.11. The van der Waals surface area contributed by atoms with Gasteiger partial charge in [0.1, 0.15) is 5.39 Å². The first kappa shape index (κ1) is 17.7. The first-order valence-corrected chi connectivity index (χ1v) is 7.67. The Labute approximate surface area is 153 Å². The fourth-order valence-corrected chi connectivity index (χ4v) is 3.14. The predicted molar refractivity (Wildman–Crippen MR) is 92.4 cm³/mol. The Balaban J connectivity index is 2.42. The highest BCUT2D eigenvalue weighted by Crippen LogP contribution is 2.50. The van der Waals surface area contributed by atoms with Crippen molar-refractivity contribution in [2.75, 3.05) is 21.3 Å². The zero-order valence-electron chi connectivity index (χ0n) is 14.6. The molecule has 11 heteroatoms. The van der Waals surface area contributed by atoms with Gasteiger partial charge in [0.25, 0.3) is 11.5 Å². The van der Waals surface area contributed by atoms with Gasteiger partial charge in [0.05, 0.1) is 32.1 Å². The molecule has 0 atom stereocenters. The highest BCUT2D eigenvalue weighted by atomic mass is 17.2. The van der Waals surface area contributed by atoms with Crippen LogP contribution in [0.15, 0.2) is 24.5 Å². The van der Waals surface area contributed by atoms with Crippen LogP contribution in [0.5, 0.6) is 28.7 Å². The summed E-state index contributed by atoms with van der Waals surface area (Å²) in [5, 5.41) is 19.7. The number of aromatic hydroxyl groups is 2. The van der Waals surface area contributed by atoms with Crippen LogP contribution in [-0.2, 0) is 9.78 Å². The van der Waals surface area contributed by atoms with Crippen LogP contribution in [0.25, 0.3) is 32.7 Å². The van der Waals surface area contributed by atoms with Crippen LogP contribution in [0.1, 0.15) is 0 Å². The van der Waals surface area contributed by atoms with Crippen molar-refractivity contribution in [3.8, 4) is 28.7 Å². The minimum atomic E-state index is -0.963. The van der Waals surface area contributed by atoms with Crippen LogP contribution >= 0.6 is 0 Å². The molecular weight excluding hydrogens is 380 g/mol. The summed E-state index contributed by atoms with van der Waals surface area (Å²) < 4.78 is 15.7. The van der Waals surface area contributed by atoms with Crippen LogP contribution in [0.4, 0.5) is 0 Å². The number of phenolic OH excluding ortho intramolecular Hbond substituents is 2. The molecule has 4 aromatic rings. The Morgan fingerprint density at radius 2 is 1.43 bits per heavy atom.